The highest BCUT2D eigenvalue weighted by atomic mass is 16.3. The molecule has 1 aliphatic rings. The predicted molar refractivity (Wildman–Crippen MR) is 93.1 cm³/mol. The maximum atomic E-state index is 12.4. The number of piperazine rings is 1. The van der Waals surface area contributed by atoms with Crippen LogP contribution < -0.4 is 5.32 Å². The van der Waals surface area contributed by atoms with Gasteiger partial charge in [0.2, 0.25) is 0 Å². The fraction of sp³-hybridized carbons (Fsp3) is 0.556. The molecule has 2 rings (SSSR count). The number of benzene rings is 1. The van der Waals surface area contributed by atoms with E-state index < -0.39 is 0 Å². The van der Waals surface area contributed by atoms with Gasteiger partial charge >= 0.3 is 6.03 Å². The van der Waals surface area contributed by atoms with Crippen molar-refractivity contribution < 1.29 is 14.7 Å². The van der Waals surface area contributed by atoms with Gasteiger partial charge < -0.3 is 20.2 Å². The van der Waals surface area contributed by atoms with E-state index in [9.17, 15) is 14.7 Å². The number of carbonyl (C=O) groups excluding carboxylic acids is 2. The Hall–Kier alpha value is -2.24. The normalized spacial score (nSPS) is 15.9. The van der Waals surface area contributed by atoms with Crippen LogP contribution in [-0.2, 0) is 0 Å². The summed E-state index contributed by atoms with van der Waals surface area (Å²) in [5, 5.41) is 12.4. The van der Waals surface area contributed by atoms with Gasteiger partial charge in [-0.25, -0.2) is 4.79 Å². The Balaban J connectivity index is 1.85. The van der Waals surface area contributed by atoms with Gasteiger partial charge in [0.1, 0.15) is 5.75 Å². The predicted octanol–water partition coefficient (Wildman–Crippen LogP) is 2.44. The van der Waals surface area contributed by atoms with Gasteiger partial charge in [0.15, 0.2) is 0 Å². The molecular formula is C18H27N3O3. The van der Waals surface area contributed by atoms with E-state index in [2.05, 4.69) is 19.2 Å². The zero-order valence-corrected chi connectivity index (χ0v) is 14.5. The van der Waals surface area contributed by atoms with Crippen molar-refractivity contribution >= 4 is 11.9 Å². The molecule has 1 saturated heterocycles. The molecule has 0 aromatic heterocycles. The van der Waals surface area contributed by atoms with Crippen LogP contribution in [0.1, 0.15) is 43.5 Å². The van der Waals surface area contributed by atoms with Crippen molar-refractivity contribution in [3.63, 3.8) is 0 Å². The molecule has 0 aliphatic carbocycles. The fourth-order valence-electron chi connectivity index (χ4n) is 2.89. The highest BCUT2D eigenvalue weighted by Gasteiger charge is 2.25. The minimum atomic E-state index is -0.0625. The number of urea groups is 1. The molecule has 3 amide bonds. The van der Waals surface area contributed by atoms with Crippen LogP contribution >= 0.6 is 0 Å². The van der Waals surface area contributed by atoms with Crippen LogP contribution in [0.4, 0.5) is 4.79 Å². The lowest BCUT2D eigenvalue weighted by Crippen LogP contribution is -2.54. The van der Waals surface area contributed by atoms with E-state index in [1.54, 1.807) is 21.9 Å². The van der Waals surface area contributed by atoms with E-state index >= 15 is 0 Å². The smallest absolute Gasteiger partial charge is 0.317 e. The molecule has 1 aliphatic heterocycles. The van der Waals surface area contributed by atoms with Crippen molar-refractivity contribution in [2.45, 2.75) is 39.2 Å². The number of nitrogens with one attached hydrogen (secondary N) is 1. The number of hydrogen-bond donors (Lipinski definition) is 2. The number of nitrogens with zero attached hydrogens (tertiary/aromatic N) is 2. The van der Waals surface area contributed by atoms with Crippen molar-refractivity contribution in [3.05, 3.63) is 29.8 Å². The number of hydrogen-bond acceptors (Lipinski definition) is 3. The second-order valence-corrected chi connectivity index (χ2v) is 6.17. The molecule has 1 aromatic carbocycles. The van der Waals surface area contributed by atoms with Crippen molar-refractivity contribution in [2.24, 2.45) is 0 Å². The lowest BCUT2D eigenvalue weighted by atomic mass is 10.1. The van der Waals surface area contributed by atoms with Crippen LogP contribution in [0.5, 0.6) is 5.75 Å². The van der Waals surface area contributed by atoms with Crippen LogP contribution in [0.15, 0.2) is 24.3 Å². The second kappa shape index (κ2) is 8.57. The van der Waals surface area contributed by atoms with E-state index in [0.717, 1.165) is 19.3 Å². The molecule has 24 heavy (non-hydrogen) atoms. The van der Waals surface area contributed by atoms with Gasteiger partial charge in [-0.05, 0) is 37.1 Å². The van der Waals surface area contributed by atoms with E-state index in [4.69, 9.17) is 0 Å². The van der Waals surface area contributed by atoms with E-state index in [1.807, 2.05) is 0 Å². The molecule has 1 fully saturated rings. The standard InChI is InChI=1S/C18H27N3O3/c1-3-5-15(4-2)19-18(24)21-12-10-20(11-13-21)17(23)14-6-8-16(22)9-7-14/h6-9,15,22H,3-5,10-13H2,1-2H3,(H,19,24). The molecule has 132 valence electrons. The Morgan fingerprint density at radius 2 is 1.67 bits per heavy atom. The lowest BCUT2D eigenvalue weighted by Gasteiger charge is -2.35. The number of rotatable bonds is 5. The zero-order valence-electron chi connectivity index (χ0n) is 14.5. The van der Waals surface area contributed by atoms with Crippen molar-refractivity contribution in [2.75, 3.05) is 26.2 Å². The molecule has 1 unspecified atom stereocenters. The maximum absolute atomic E-state index is 12.4. The summed E-state index contributed by atoms with van der Waals surface area (Å²) < 4.78 is 0. The third-order valence-corrected chi connectivity index (χ3v) is 4.43. The highest BCUT2D eigenvalue weighted by molar-refractivity contribution is 5.94. The Labute approximate surface area is 143 Å². The van der Waals surface area contributed by atoms with Gasteiger partial charge in [-0.15, -0.1) is 0 Å². The van der Waals surface area contributed by atoms with E-state index in [-0.39, 0.29) is 23.7 Å². The highest BCUT2D eigenvalue weighted by Crippen LogP contribution is 2.13. The topological polar surface area (TPSA) is 72.9 Å². The van der Waals surface area contributed by atoms with E-state index in [0.29, 0.717) is 31.7 Å². The molecule has 0 radical (unpaired) electrons. The largest absolute Gasteiger partial charge is 0.508 e. The minimum Gasteiger partial charge on any atom is -0.508 e. The van der Waals surface area contributed by atoms with Crippen molar-refractivity contribution in [1.82, 2.24) is 15.1 Å². The fourth-order valence-corrected chi connectivity index (χ4v) is 2.89. The monoisotopic (exact) mass is 333 g/mol. The number of phenolic OH excluding ortho intramolecular Hbond substituents is 1. The SMILES string of the molecule is CCCC(CC)NC(=O)N1CCN(C(=O)c2ccc(O)cc2)CC1. The molecule has 1 heterocycles. The summed E-state index contributed by atoms with van der Waals surface area (Å²) in [4.78, 5) is 28.3. The molecule has 6 nitrogen and oxygen atoms in total. The van der Waals surface area contributed by atoms with Gasteiger partial charge in [-0.2, -0.15) is 0 Å². The van der Waals surface area contributed by atoms with Crippen LogP contribution in [-0.4, -0.2) is 59.1 Å². The van der Waals surface area contributed by atoms with Crippen LogP contribution in [0.3, 0.4) is 0 Å². The van der Waals surface area contributed by atoms with Crippen LogP contribution in [0, 0.1) is 0 Å². The summed E-state index contributed by atoms with van der Waals surface area (Å²) in [5.41, 5.74) is 0.555. The average molecular weight is 333 g/mol. The molecule has 1 atom stereocenters. The first kappa shape index (κ1) is 18.1. The van der Waals surface area contributed by atoms with Crippen molar-refractivity contribution in [3.8, 4) is 5.75 Å². The summed E-state index contributed by atoms with van der Waals surface area (Å²) in [7, 11) is 0. The number of aromatic hydroxyl groups is 1. The third-order valence-electron chi connectivity index (χ3n) is 4.43. The van der Waals surface area contributed by atoms with Gasteiger partial charge in [-0.1, -0.05) is 20.3 Å². The van der Waals surface area contributed by atoms with Crippen LogP contribution in [0.25, 0.3) is 0 Å². The van der Waals surface area contributed by atoms with Crippen LogP contribution in [0.2, 0.25) is 0 Å². The first-order valence-electron chi connectivity index (χ1n) is 8.68. The Kier molecular flexibility index (Phi) is 6.46. The molecule has 0 bridgehead atoms. The van der Waals surface area contributed by atoms with Gasteiger partial charge in [-0.3, -0.25) is 4.79 Å². The van der Waals surface area contributed by atoms with Gasteiger partial charge in [0, 0.05) is 37.8 Å². The Morgan fingerprint density at radius 3 is 2.21 bits per heavy atom. The molecule has 0 saturated carbocycles. The summed E-state index contributed by atoms with van der Waals surface area (Å²) in [6.45, 7) is 6.32. The van der Waals surface area contributed by atoms with Gasteiger partial charge in [0.25, 0.3) is 5.91 Å². The molecule has 1 aromatic rings. The maximum Gasteiger partial charge on any atom is 0.317 e. The summed E-state index contributed by atoms with van der Waals surface area (Å²) in [6, 6.07) is 6.44. The minimum absolute atomic E-state index is 0.0352. The first-order valence-corrected chi connectivity index (χ1v) is 8.68. The van der Waals surface area contributed by atoms with E-state index in [1.165, 1.54) is 12.1 Å². The van der Waals surface area contributed by atoms with Gasteiger partial charge in [0.05, 0.1) is 0 Å². The molecule has 6 heteroatoms. The summed E-state index contributed by atoms with van der Waals surface area (Å²) >= 11 is 0. The Bertz CT molecular complexity index is 551. The van der Waals surface area contributed by atoms with Crippen molar-refractivity contribution in [1.29, 1.82) is 0 Å². The second-order valence-electron chi connectivity index (χ2n) is 6.17. The summed E-state index contributed by atoms with van der Waals surface area (Å²) in [5.74, 6) is 0.0815. The molecule has 0 spiro atoms. The number of phenols is 1. The quantitative estimate of drug-likeness (QED) is 0.869. The molecular weight excluding hydrogens is 306 g/mol. The first-order chi connectivity index (χ1) is 11.5. The summed E-state index contributed by atoms with van der Waals surface area (Å²) in [6.07, 6.45) is 2.97. The molecule has 2 N–H and O–H groups in total. The zero-order chi connectivity index (χ0) is 17.5. The number of carbonyl (C=O) groups is 2. The Morgan fingerprint density at radius 1 is 1.08 bits per heavy atom. The lowest BCUT2D eigenvalue weighted by molar-refractivity contribution is 0.0663. The third kappa shape index (κ3) is 4.63. The average Bonchev–Trinajstić information content (AvgIpc) is 2.61. The number of amides is 3.